The monoisotopic (exact) mass is 420 g/mol. The zero-order valence-corrected chi connectivity index (χ0v) is 15.4. The van der Waals surface area contributed by atoms with E-state index in [2.05, 4.69) is 10.3 Å². The number of nitrogens with zero attached hydrogens (tertiary/aromatic N) is 1. The number of ether oxygens (including phenoxy) is 1. The van der Waals surface area contributed by atoms with Gasteiger partial charge in [-0.15, -0.1) is 0 Å². The Kier molecular flexibility index (Phi) is 6.31. The summed E-state index contributed by atoms with van der Waals surface area (Å²) in [4.78, 5) is 16.3. The Morgan fingerprint density at radius 1 is 1.10 bits per heavy atom. The van der Waals surface area contributed by atoms with E-state index in [1.807, 2.05) is 0 Å². The number of benzene rings is 2. The Morgan fingerprint density at radius 2 is 1.83 bits per heavy atom. The van der Waals surface area contributed by atoms with Crippen molar-refractivity contribution in [2.45, 2.75) is 6.18 Å². The molecule has 5 nitrogen and oxygen atoms in total. The average molecular weight is 420 g/mol. The lowest BCUT2D eigenvalue weighted by Crippen LogP contribution is -2.26. The van der Waals surface area contributed by atoms with Crippen molar-refractivity contribution in [1.29, 1.82) is 0 Å². The second-order valence-corrected chi connectivity index (χ2v) is 6.19. The number of hydrogen-bond acceptors (Lipinski definition) is 4. The van der Waals surface area contributed by atoms with Gasteiger partial charge in [-0.3, -0.25) is 4.79 Å². The van der Waals surface area contributed by atoms with Crippen molar-refractivity contribution in [3.63, 3.8) is 0 Å². The van der Waals surface area contributed by atoms with Gasteiger partial charge in [0, 0.05) is 18.3 Å². The molecule has 0 unspecified atom stereocenters. The third-order valence-electron chi connectivity index (χ3n) is 4.04. The maximum absolute atomic E-state index is 13.7. The highest BCUT2D eigenvalue weighted by atomic mass is 19.4. The van der Waals surface area contributed by atoms with Gasteiger partial charge in [0.25, 0.3) is 5.91 Å². The van der Waals surface area contributed by atoms with E-state index < -0.39 is 23.5 Å². The minimum atomic E-state index is -4.48. The molecule has 1 amide bonds. The third kappa shape index (κ3) is 5.12. The molecule has 30 heavy (non-hydrogen) atoms. The van der Waals surface area contributed by atoms with Crippen molar-refractivity contribution < 1.29 is 32.2 Å². The molecule has 0 saturated heterocycles. The van der Waals surface area contributed by atoms with Gasteiger partial charge in [-0.25, -0.2) is 9.37 Å². The zero-order chi connectivity index (χ0) is 21.7. The fraction of sp³-hybridized carbons (Fsp3) is 0.143. The molecule has 0 bridgehead atoms. The molecule has 2 aromatic carbocycles. The first kappa shape index (κ1) is 21.3. The molecule has 0 atom stereocenters. The minimum Gasteiger partial charge on any atom is -0.438 e. The summed E-state index contributed by atoms with van der Waals surface area (Å²) in [5, 5.41) is 11.3. The van der Waals surface area contributed by atoms with Gasteiger partial charge in [-0.1, -0.05) is 12.1 Å². The smallest absolute Gasteiger partial charge is 0.416 e. The Bertz CT molecular complexity index is 1040. The lowest BCUT2D eigenvalue weighted by molar-refractivity contribution is -0.137. The van der Waals surface area contributed by atoms with E-state index >= 15 is 0 Å². The molecule has 0 saturated carbocycles. The molecule has 0 radical (unpaired) electrons. The number of amides is 1. The number of carbonyl (C=O) groups is 1. The van der Waals surface area contributed by atoms with E-state index in [0.29, 0.717) is 5.56 Å². The molecule has 2 N–H and O–H groups in total. The average Bonchev–Trinajstić information content (AvgIpc) is 2.72. The molecule has 3 rings (SSSR count). The maximum atomic E-state index is 13.7. The second kappa shape index (κ2) is 8.91. The summed E-state index contributed by atoms with van der Waals surface area (Å²) in [7, 11) is 0. The molecule has 3 aromatic rings. The van der Waals surface area contributed by atoms with Crippen molar-refractivity contribution in [1.82, 2.24) is 10.3 Å². The predicted octanol–water partition coefficient (Wildman–Crippen LogP) is 4.42. The zero-order valence-electron chi connectivity index (χ0n) is 15.4. The molecule has 1 aromatic heterocycles. The largest absolute Gasteiger partial charge is 0.438 e. The number of halogens is 4. The summed E-state index contributed by atoms with van der Waals surface area (Å²) >= 11 is 0. The first-order valence-corrected chi connectivity index (χ1v) is 8.78. The highest BCUT2D eigenvalue weighted by Gasteiger charge is 2.30. The number of hydrogen-bond donors (Lipinski definition) is 2. The summed E-state index contributed by atoms with van der Waals surface area (Å²) in [5.74, 6) is -0.955. The normalized spacial score (nSPS) is 11.2. The van der Waals surface area contributed by atoms with Gasteiger partial charge < -0.3 is 15.2 Å². The summed E-state index contributed by atoms with van der Waals surface area (Å²) in [6.45, 7) is -0.205. The number of nitrogens with one attached hydrogen (secondary N) is 1. The number of aliphatic hydroxyl groups is 1. The van der Waals surface area contributed by atoms with Gasteiger partial charge in [0.05, 0.1) is 17.7 Å². The van der Waals surface area contributed by atoms with Crippen LogP contribution in [0.25, 0.3) is 11.1 Å². The van der Waals surface area contributed by atoms with Crippen molar-refractivity contribution in [2.75, 3.05) is 13.2 Å². The third-order valence-corrected chi connectivity index (χ3v) is 4.04. The Labute approximate surface area is 169 Å². The highest BCUT2D eigenvalue weighted by molar-refractivity contribution is 5.95. The van der Waals surface area contributed by atoms with E-state index in [1.165, 1.54) is 30.5 Å². The molecule has 0 aliphatic carbocycles. The van der Waals surface area contributed by atoms with Gasteiger partial charge in [-0.05, 0) is 48.0 Å². The molecule has 9 heteroatoms. The standard InChI is InChI=1S/C21H16F4N2O3/c22-16-3-1-2-13(10-16)18-11-14(19(29)26-8-9-28)12-27-20(18)30-17-6-4-15(5-7-17)21(23,24)25/h1-7,10-12,28H,8-9H2,(H,26,29). The highest BCUT2D eigenvalue weighted by Crippen LogP contribution is 2.34. The van der Waals surface area contributed by atoms with Crippen LogP contribution in [0.2, 0.25) is 0 Å². The maximum Gasteiger partial charge on any atom is 0.416 e. The molecule has 0 spiro atoms. The van der Waals surface area contributed by atoms with E-state index in [0.717, 1.165) is 24.3 Å². The fourth-order valence-corrected chi connectivity index (χ4v) is 2.62. The van der Waals surface area contributed by atoms with E-state index in [4.69, 9.17) is 9.84 Å². The molecule has 0 aliphatic rings. The first-order chi connectivity index (χ1) is 14.3. The molecule has 1 heterocycles. The van der Waals surface area contributed by atoms with Gasteiger partial charge in [-0.2, -0.15) is 13.2 Å². The minimum absolute atomic E-state index is 0.0148. The number of aromatic nitrogens is 1. The van der Waals surface area contributed by atoms with Crippen molar-refractivity contribution >= 4 is 5.91 Å². The molecule has 0 fully saturated rings. The molecule has 0 aliphatic heterocycles. The lowest BCUT2D eigenvalue weighted by atomic mass is 10.0. The Morgan fingerprint density at radius 3 is 2.47 bits per heavy atom. The van der Waals surface area contributed by atoms with Gasteiger partial charge in [0.1, 0.15) is 11.6 Å². The van der Waals surface area contributed by atoms with Crippen LogP contribution in [-0.4, -0.2) is 29.1 Å². The van der Waals surface area contributed by atoms with E-state index in [-0.39, 0.29) is 35.9 Å². The number of pyridine rings is 1. The Hall–Kier alpha value is -3.46. The van der Waals surface area contributed by atoms with Crippen LogP contribution < -0.4 is 10.1 Å². The summed E-state index contributed by atoms with van der Waals surface area (Å²) < 4.78 is 57.5. The molecular formula is C21H16F4N2O3. The van der Waals surface area contributed by atoms with Crippen LogP contribution >= 0.6 is 0 Å². The number of alkyl halides is 3. The predicted molar refractivity (Wildman–Crippen MR) is 101 cm³/mol. The van der Waals surface area contributed by atoms with E-state index in [9.17, 15) is 22.4 Å². The van der Waals surface area contributed by atoms with Crippen LogP contribution in [0.4, 0.5) is 17.6 Å². The number of rotatable bonds is 6. The topological polar surface area (TPSA) is 71.5 Å². The van der Waals surface area contributed by atoms with Crippen LogP contribution in [-0.2, 0) is 6.18 Å². The van der Waals surface area contributed by atoms with Crippen LogP contribution in [0, 0.1) is 5.82 Å². The second-order valence-electron chi connectivity index (χ2n) is 6.19. The first-order valence-electron chi connectivity index (χ1n) is 8.78. The number of aliphatic hydroxyl groups excluding tert-OH is 1. The fourth-order valence-electron chi connectivity index (χ4n) is 2.62. The molecule has 156 valence electrons. The van der Waals surface area contributed by atoms with Gasteiger partial charge in [0.2, 0.25) is 5.88 Å². The van der Waals surface area contributed by atoms with Crippen molar-refractivity contribution in [2.24, 2.45) is 0 Å². The van der Waals surface area contributed by atoms with Crippen LogP contribution in [0.1, 0.15) is 15.9 Å². The Balaban J connectivity index is 1.97. The summed E-state index contributed by atoms with van der Waals surface area (Å²) in [6, 6.07) is 10.9. The van der Waals surface area contributed by atoms with E-state index in [1.54, 1.807) is 6.07 Å². The SMILES string of the molecule is O=C(NCCO)c1cnc(Oc2ccc(C(F)(F)F)cc2)c(-c2cccc(F)c2)c1. The molecular weight excluding hydrogens is 404 g/mol. The van der Waals surface area contributed by atoms with Crippen LogP contribution in [0.5, 0.6) is 11.6 Å². The lowest BCUT2D eigenvalue weighted by Gasteiger charge is -2.13. The van der Waals surface area contributed by atoms with Gasteiger partial charge in [0.15, 0.2) is 0 Å². The summed E-state index contributed by atoms with van der Waals surface area (Å²) in [6.07, 6.45) is -3.26. The number of carbonyl (C=O) groups excluding carboxylic acids is 1. The van der Waals surface area contributed by atoms with Crippen molar-refractivity contribution in [3.05, 3.63) is 77.7 Å². The van der Waals surface area contributed by atoms with Crippen molar-refractivity contribution in [3.8, 4) is 22.8 Å². The quantitative estimate of drug-likeness (QED) is 0.579. The van der Waals surface area contributed by atoms with Gasteiger partial charge >= 0.3 is 6.18 Å². The van der Waals surface area contributed by atoms with Crippen LogP contribution in [0.3, 0.4) is 0 Å². The van der Waals surface area contributed by atoms with Crippen LogP contribution in [0.15, 0.2) is 60.8 Å². The summed E-state index contributed by atoms with van der Waals surface area (Å²) in [5.41, 5.74) is -0.0567.